The minimum atomic E-state index is -0.717. The van der Waals surface area contributed by atoms with E-state index in [0.29, 0.717) is 61.3 Å². The maximum Gasteiger partial charge on any atom is 0.345 e. The maximum absolute atomic E-state index is 13.4. The van der Waals surface area contributed by atoms with Gasteiger partial charge in [0.2, 0.25) is 5.91 Å². The first-order valence-corrected chi connectivity index (χ1v) is 12.7. The van der Waals surface area contributed by atoms with Crippen molar-refractivity contribution >= 4 is 39.3 Å². The highest BCUT2D eigenvalue weighted by molar-refractivity contribution is 9.10. The summed E-state index contributed by atoms with van der Waals surface area (Å²) in [7, 11) is 0. The quantitative estimate of drug-likeness (QED) is 0.614. The molecule has 186 valence electrons. The molecule has 3 atom stereocenters. The average Bonchev–Trinajstić information content (AvgIpc) is 3.28. The number of anilines is 1. The first-order chi connectivity index (χ1) is 16.6. The Labute approximate surface area is 212 Å². The van der Waals surface area contributed by atoms with E-state index < -0.39 is 17.6 Å². The summed E-state index contributed by atoms with van der Waals surface area (Å²) in [6.07, 6.45) is 2.22. The molecule has 3 heterocycles. The molecule has 0 saturated carbocycles. The van der Waals surface area contributed by atoms with Gasteiger partial charge in [0.15, 0.2) is 0 Å². The van der Waals surface area contributed by atoms with Crippen LogP contribution < -0.4 is 11.0 Å². The molecule has 2 aliphatic rings. The van der Waals surface area contributed by atoms with Crippen LogP contribution in [0.5, 0.6) is 0 Å². The fourth-order valence-corrected chi connectivity index (χ4v) is 5.50. The number of rotatable bonds is 4. The Morgan fingerprint density at radius 3 is 2.51 bits per heavy atom. The Morgan fingerprint density at radius 1 is 1.11 bits per heavy atom. The van der Waals surface area contributed by atoms with Gasteiger partial charge < -0.3 is 20.1 Å². The van der Waals surface area contributed by atoms with Crippen molar-refractivity contribution in [3.05, 3.63) is 56.2 Å². The molecular weight excluding hydrogens is 514 g/mol. The third kappa shape index (κ3) is 5.63. The van der Waals surface area contributed by atoms with Gasteiger partial charge in [0.25, 0.3) is 11.8 Å². The van der Waals surface area contributed by atoms with Crippen molar-refractivity contribution in [3.8, 4) is 0 Å². The molecule has 35 heavy (non-hydrogen) atoms. The SMILES string of the molecule is Cc1cc(C(=O)N2CCC[C@H]2C(=O)Nc2ccc(Br)cc2C(=O)N2C[C@H](C)C[C@H](C)C2)nc(=O)[nH]1. The van der Waals surface area contributed by atoms with Gasteiger partial charge in [0.1, 0.15) is 11.7 Å². The second-order valence-corrected chi connectivity index (χ2v) is 10.7. The number of hydrogen-bond donors (Lipinski definition) is 2. The monoisotopic (exact) mass is 543 g/mol. The highest BCUT2D eigenvalue weighted by Crippen LogP contribution is 2.28. The zero-order valence-corrected chi connectivity index (χ0v) is 21.7. The highest BCUT2D eigenvalue weighted by atomic mass is 79.9. The second kappa shape index (κ2) is 10.3. The lowest BCUT2D eigenvalue weighted by Crippen LogP contribution is -2.44. The van der Waals surface area contributed by atoms with Crippen molar-refractivity contribution in [1.29, 1.82) is 0 Å². The first-order valence-electron chi connectivity index (χ1n) is 11.9. The summed E-state index contributed by atoms with van der Waals surface area (Å²) in [5, 5.41) is 2.89. The Balaban J connectivity index is 1.55. The lowest BCUT2D eigenvalue weighted by Gasteiger charge is -2.35. The van der Waals surface area contributed by atoms with E-state index in [0.717, 1.165) is 10.9 Å². The highest BCUT2D eigenvalue weighted by Gasteiger charge is 2.36. The van der Waals surface area contributed by atoms with Crippen LogP contribution in [0.1, 0.15) is 59.7 Å². The molecule has 3 amide bonds. The fraction of sp³-hybridized carbons (Fsp3) is 0.480. The van der Waals surface area contributed by atoms with Gasteiger partial charge >= 0.3 is 5.69 Å². The topological polar surface area (TPSA) is 115 Å². The van der Waals surface area contributed by atoms with E-state index in [2.05, 4.69) is 45.1 Å². The molecule has 1 aromatic carbocycles. The van der Waals surface area contributed by atoms with Gasteiger partial charge in [-0.2, -0.15) is 4.98 Å². The van der Waals surface area contributed by atoms with Crippen LogP contribution in [0, 0.1) is 18.8 Å². The Kier molecular flexibility index (Phi) is 7.39. The summed E-state index contributed by atoms with van der Waals surface area (Å²) in [4.78, 5) is 61.1. The maximum atomic E-state index is 13.4. The minimum absolute atomic E-state index is 0.0128. The van der Waals surface area contributed by atoms with Crippen LogP contribution in [-0.4, -0.2) is 63.2 Å². The van der Waals surface area contributed by atoms with Crippen LogP contribution in [-0.2, 0) is 4.79 Å². The number of halogens is 1. The molecule has 2 aliphatic heterocycles. The minimum Gasteiger partial charge on any atom is -0.338 e. The van der Waals surface area contributed by atoms with Crippen LogP contribution >= 0.6 is 15.9 Å². The smallest absolute Gasteiger partial charge is 0.338 e. The summed E-state index contributed by atoms with van der Waals surface area (Å²) in [5.41, 5.74) is 0.759. The normalized spacial score (nSPS) is 22.2. The molecule has 0 unspecified atom stereocenters. The van der Waals surface area contributed by atoms with E-state index in [1.807, 2.05) is 4.90 Å². The molecule has 0 aliphatic carbocycles. The molecule has 9 nitrogen and oxygen atoms in total. The van der Waals surface area contributed by atoms with Crippen molar-refractivity contribution in [3.63, 3.8) is 0 Å². The number of amides is 3. The molecule has 2 saturated heterocycles. The van der Waals surface area contributed by atoms with Crippen molar-refractivity contribution in [2.45, 2.75) is 46.1 Å². The van der Waals surface area contributed by atoms with Gasteiger partial charge in [-0.1, -0.05) is 29.8 Å². The summed E-state index contributed by atoms with van der Waals surface area (Å²) < 4.78 is 0.741. The lowest BCUT2D eigenvalue weighted by atomic mass is 9.91. The number of H-pyrrole nitrogens is 1. The number of carbonyl (C=O) groups is 3. The number of aryl methyl sites for hydroxylation is 1. The zero-order valence-electron chi connectivity index (χ0n) is 20.1. The van der Waals surface area contributed by atoms with E-state index in [-0.39, 0.29) is 17.5 Å². The van der Waals surface area contributed by atoms with Crippen molar-refractivity contribution in [1.82, 2.24) is 19.8 Å². The number of piperidine rings is 1. The molecule has 1 aromatic heterocycles. The number of aromatic nitrogens is 2. The van der Waals surface area contributed by atoms with Crippen LogP contribution in [0.4, 0.5) is 5.69 Å². The number of likely N-dealkylation sites (tertiary alicyclic amines) is 2. The van der Waals surface area contributed by atoms with Crippen molar-refractivity contribution < 1.29 is 14.4 Å². The average molecular weight is 544 g/mol. The van der Waals surface area contributed by atoms with Crippen LogP contribution in [0.25, 0.3) is 0 Å². The third-order valence-corrected chi connectivity index (χ3v) is 7.03. The second-order valence-electron chi connectivity index (χ2n) is 9.75. The van der Waals surface area contributed by atoms with Crippen LogP contribution in [0.2, 0.25) is 0 Å². The van der Waals surface area contributed by atoms with Gasteiger partial charge in [-0.15, -0.1) is 0 Å². The third-order valence-electron chi connectivity index (χ3n) is 6.54. The van der Waals surface area contributed by atoms with Crippen molar-refractivity contribution in [2.75, 3.05) is 25.0 Å². The number of benzene rings is 1. The number of carbonyl (C=O) groups excluding carboxylic acids is 3. The molecular formula is C25H30BrN5O4. The molecule has 10 heteroatoms. The Morgan fingerprint density at radius 2 is 1.83 bits per heavy atom. The van der Waals surface area contributed by atoms with Gasteiger partial charge in [0.05, 0.1) is 11.3 Å². The molecule has 4 rings (SSSR count). The number of aromatic amines is 1. The van der Waals surface area contributed by atoms with E-state index in [1.54, 1.807) is 25.1 Å². The molecule has 0 radical (unpaired) electrons. The fourth-order valence-electron chi connectivity index (χ4n) is 5.14. The summed E-state index contributed by atoms with van der Waals surface area (Å²) in [5.74, 6) is -0.126. The van der Waals surface area contributed by atoms with E-state index in [9.17, 15) is 19.2 Å². The predicted molar refractivity (Wildman–Crippen MR) is 135 cm³/mol. The van der Waals surface area contributed by atoms with Gasteiger partial charge in [0, 0.05) is 29.8 Å². The van der Waals surface area contributed by atoms with E-state index in [4.69, 9.17) is 0 Å². The molecule has 2 fully saturated rings. The summed E-state index contributed by atoms with van der Waals surface area (Å²) in [6.45, 7) is 7.70. The standard InChI is InChI=1S/C25H30BrN5O4/c1-14-9-15(2)13-30(12-14)23(33)18-11-17(26)6-7-19(18)28-22(32)21-5-4-8-31(21)24(34)20-10-16(3)27-25(35)29-20/h6-7,10-11,14-15,21H,4-5,8-9,12-13H2,1-3H3,(H,28,32)(H,27,29,35)/t14-,15+,21-/m0/s1. The number of nitrogens with zero attached hydrogens (tertiary/aromatic N) is 3. The largest absolute Gasteiger partial charge is 0.345 e. The molecule has 0 bridgehead atoms. The van der Waals surface area contributed by atoms with Crippen molar-refractivity contribution in [2.24, 2.45) is 11.8 Å². The Bertz CT molecular complexity index is 1200. The van der Waals surface area contributed by atoms with E-state index in [1.165, 1.54) is 11.0 Å². The van der Waals surface area contributed by atoms with Crippen LogP contribution in [0.3, 0.4) is 0 Å². The van der Waals surface area contributed by atoms with Crippen LogP contribution in [0.15, 0.2) is 33.5 Å². The number of hydrogen-bond acceptors (Lipinski definition) is 5. The van der Waals surface area contributed by atoms with E-state index >= 15 is 0 Å². The number of nitrogens with one attached hydrogen (secondary N) is 2. The lowest BCUT2D eigenvalue weighted by molar-refractivity contribution is -0.119. The predicted octanol–water partition coefficient (Wildman–Crippen LogP) is 3.20. The van der Waals surface area contributed by atoms with Gasteiger partial charge in [-0.25, -0.2) is 4.79 Å². The first kappa shape index (κ1) is 25.1. The van der Waals surface area contributed by atoms with Gasteiger partial charge in [-0.3, -0.25) is 14.4 Å². The summed E-state index contributed by atoms with van der Waals surface area (Å²) in [6, 6.07) is 5.99. The molecule has 2 N–H and O–H groups in total. The van der Waals surface area contributed by atoms with Gasteiger partial charge in [-0.05, 0) is 62.3 Å². The summed E-state index contributed by atoms with van der Waals surface area (Å²) >= 11 is 3.44. The molecule has 0 spiro atoms. The Hall–Kier alpha value is -3.01. The zero-order chi connectivity index (χ0) is 25.3. The molecule has 2 aromatic rings.